The lowest BCUT2D eigenvalue weighted by atomic mass is 10.1. The summed E-state index contributed by atoms with van der Waals surface area (Å²) in [5, 5.41) is 6.85. The molecule has 0 spiro atoms. The molecule has 0 radical (unpaired) electrons. The second kappa shape index (κ2) is 7.78. The number of guanidine groups is 1. The Morgan fingerprint density at radius 3 is 2.94 bits per heavy atom. The van der Waals surface area contributed by atoms with Gasteiger partial charge in [-0.2, -0.15) is 0 Å². The molecule has 2 rings (SSSR count). The van der Waals surface area contributed by atoms with Crippen LogP contribution in [0.1, 0.15) is 12.0 Å². The number of hydrogen-bond donors (Lipinski definition) is 2. The van der Waals surface area contributed by atoms with Crippen LogP contribution < -0.4 is 10.6 Å². The second-order valence-electron chi connectivity index (χ2n) is 3.92. The SMILES string of the molecule is Fc1ccc(CCNC2=NCCCN2)c(Cl)c1.I. The van der Waals surface area contributed by atoms with Gasteiger partial charge in [-0.15, -0.1) is 24.0 Å². The van der Waals surface area contributed by atoms with Crippen molar-refractivity contribution in [3.05, 3.63) is 34.6 Å². The Balaban J connectivity index is 0.00000162. The molecule has 1 aromatic rings. The lowest BCUT2D eigenvalue weighted by Crippen LogP contribution is -2.41. The molecule has 0 saturated carbocycles. The summed E-state index contributed by atoms with van der Waals surface area (Å²) < 4.78 is 12.8. The molecule has 6 heteroatoms. The Kier molecular flexibility index (Phi) is 6.70. The molecule has 100 valence electrons. The first-order valence-electron chi connectivity index (χ1n) is 5.72. The van der Waals surface area contributed by atoms with E-state index in [1.54, 1.807) is 6.07 Å². The van der Waals surface area contributed by atoms with E-state index in [9.17, 15) is 4.39 Å². The zero-order valence-corrected chi connectivity index (χ0v) is 13.0. The van der Waals surface area contributed by atoms with Crippen molar-refractivity contribution in [2.75, 3.05) is 19.6 Å². The molecule has 1 aliphatic heterocycles. The zero-order chi connectivity index (χ0) is 12.1. The number of halogens is 3. The first kappa shape index (κ1) is 15.5. The van der Waals surface area contributed by atoms with E-state index in [0.29, 0.717) is 5.02 Å². The highest BCUT2D eigenvalue weighted by molar-refractivity contribution is 14.0. The zero-order valence-electron chi connectivity index (χ0n) is 9.88. The van der Waals surface area contributed by atoms with Gasteiger partial charge in [0.1, 0.15) is 5.82 Å². The molecule has 18 heavy (non-hydrogen) atoms. The van der Waals surface area contributed by atoms with Crippen LogP contribution in [0.5, 0.6) is 0 Å². The van der Waals surface area contributed by atoms with Gasteiger partial charge in [0.15, 0.2) is 5.96 Å². The minimum Gasteiger partial charge on any atom is -0.356 e. The summed E-state index contributed by atoms with van der Waals surface area (Å²) in [7, 11) is 0. The number of nitrogens with zero attached hydrogens (tertiary/aromatic N) is 1. The Morgan fingerprint density at radius 2 is 2.28 bits per heavy atom. The predicted molar refractivity (Wildman–Crippen MR) is 83.5 cm³/mol. The first-order valence-corrected chi connectivity index (χ1v) is 6.09. The Hall–Kier alpha value is -0.560. The van der Waals surface area contributed by atoms with E-state index in [4.69, 9.17) is 11.6 Å². The topological polar surface area (TPSA) is 36.4 Å². The van der Waals surface area contributed by atoms with E-state index in [0.717, 1.165) is 44.0 Å². The molecule has 1 aromatic carbocycles. The number of rotatable bonds is 3. The van der Waals surface area contributed by atoms with Crippen LogP contribution in [0, 0.1) is 5.82 Å². The first-order chi connectivity index (χ1) is 8.25. The smallest absolute Gasteiger partial charge is 0.191 e. The molecule has 0 saturated heterocycles. The third kappa shape index (κ3) is 4.61. The molecule has 0 aliphatic carbocycles. The van der Waals surface area contributed by atoms with Gasteiger partial charge in [0.05, 0.1) is 0 Å². The lowest BCUT2D eigenvalue weighted by Gasteiger charge is -2.16. The van der Waals surface area contributed by atoms with Gasteiger partial charge < -0.3 is 10.6 Å². The number of benzene rings is 1. The molecule has 0 fully saturated rings. The Bertz CT molecular complexity index is 426. The fourth-order valence-electron chi connectivity index (χ4n) is 1.69. The molecule has 0 aromatic heterocycles. The third-order valence-corrected chi connectivity index (χ3v) is 2.95. The summed E-state index contributed by atoms with van der Waals surface area (Å²) in [4.78, 5) is 4.30. The quantitative estimate of drug-likeness (QED) is 0.787. The van der Waals surface area contributed by atoms with Crippen LogP contribution in [-0.4, -0.2) is 25.6 Å². The largest absolute Gasteiger partial charge is 0.356 e. The maximum absolute atomic E-state index is 12.8. The van der Waals surface area contributed by atoms with Gasteiger partial charge in [-0.05, 0) is 30.5 Å². The highest BCUT2D eigenvalue weighted by atomic mass is 127. The fraction of sp³-hybridized carbons (Fsp3) is 0.417. The minimum atomic E-state index is -0.301. The Morgan fingerprint density at radius 1 is 1.44 bits per heavy atom. The molecule has 3 nitrogen and oxygen atoms in total. The number of hydrogen-bond acceptors (Lipinski definition) is 3. The fourth-order valence-corrected chi connectivity index (χ4v) is 1.95. The van der Waals surface area contributed by atoms with E-state index >= 15 is 0 Å². The van der Waals surface area contributed by atoms with E-state index in [1.807, 2.05) is 0 Å². The molecule has 1 heterocycles. The van der Waals surface area contributed by atoms with Gasteiger partial charge in [-0.25, -0.2) is 4.39 Å². The molecule has 1 aliphatic rings. The van der Waals surface area contributed by atoms with Gasteiger partial charge in [0.25, 0.3) is 0 Å². The van der Waals surface area contributed by atoms with Crippen molar-refractivity contribution in [3.63, 3.8) is 0 Å². The summed E-state index contributed by atoms with van der Waals surface area (Å²) in [5.74, 6) is 0.541. The van der Waals surface area contributed by atoms with Crippen LogP contribution in [0.15, 0.2) is 23.2 Å². The average molecular weight is 384 g/mol. The summed E-state index contributed by atoms with van der Waals surface area (Å²) >= 11 is 5.94. The van der Waals surface area contributed by atoms with Crippen molar-refractivity contribution >= 4 is 41.5 Å². The summed E-state index contributed by atoms with van der Waals surface area (Å²) in [6, 6.07) is 4.49. The molecule has 0 atom stereocenters. The normalized spacial score (nSPS) is 14.2. The standard InChI is InChI=1S/C12H15ClFN3.HI/c13-11-8-10(14)3-2-9(11)4-7-17-12-15-5-1-6-16-12;/h2-3,8H,1,4-7H2,(H2,15,16,17);1H. The predicted octanol–water partition coefficient (Wildman–Crippen LogP) is 2.58. The monoisotopic (exact) mass is 383 g/mol. The van der Waals surface area contributed by atoms with Crippen LogP contribution in [0.25, 0.3) is 0 Å². The average Bonchev–Trinajstić information content (AvgIpc) is 2.33. The van der Waals surface area contributed by atoms with Gasteiger partial charge >= 0.3 is 0 Å². The van der Waals surface area contributed by atoms with E-state index in [-0.39, 0.29) is 29.8 Å². The van der Waals surface area contributed by atoms with Crippen molar-refractivity contribution in [1.29, 1.82) is 0 Å². The van der Waals surface area contributed by atoms with E-state index in [1.165, 1.54) is 12.1 Å². The van der Waals surface area contributed by atoms with Crippen LogP contribution in [0.2, 0.25) is 5.02 Å². The van der Waals surface area contributed by atoms with E-state index < -0.39 is 0 Å². The maximum Gasteiger partial charge on any atom is 0.191 e. The minimum absolute atomic E-state index is 0. The maximum atomic E-state index is 12.8. The highest BCUT2D eigenvalue weighted by Gasteiger charge is 2.04. The molecule has 0 bridgehead atoms. The van der Waals surface area contributed by atoms with Crippen LogP contribution in [0.4, 0.5) is 4.39 Å². The van der Waals surface area contributed by atoms with Gasteiger partial charge in [-0.3, -0.25) is 4.99 Å². The molecule has 0 unspecified atom stereocenters. The van der Waals surface area contributed by atoms with Gasteiger partial charge in [-0.1, -0.05) is 17.7 Å². The van der Waals surface area contributed by atoms with Crippen molar-refractivity contribution in [1.82, 2.24) is 10.6 Å². The summed E-state index contributed by atoms with van der Waals surface area (Å²) in [6.45, 7) is 2.56. The second-order valence-corrected chi connectivity index (χ2v) is 4.33. The molecule has 0 amide bonds. The Labute approximate surface area is 128 Å². The highest BCUT2D eigenvalue weighted by Crippen LogP contribution is 2.17. The number of nitrogens with one attached hydrogen (secondary N) is 2. The summed E-state index contributed by atoms with van der Waals surface area (Å²) in [6.07, 6.45) is 1.83. The summed E-state index contributed by atoms with van der Waals surface area (Å²) in [5.41, 5.74) is 0.942. The van der Waals surface area contributed by atoms with Crippen LogP contribution in [-0.2, 0) is 6.42 Å². The molecular formula is C12H16ClFIN3. The van der Waals surface area contributed by atoms with Gasteiger partial charge in [0.2, 0.25) is 0 Å². The van der Waals surface area contributed by atoms with E-state index in [2.05, 4.69) is 15.6 Å². The van der Waals surface area contributed by atoms with Crippen molar-refractivity contribution in [2.24, 2.45) is 4.99 Å². The van der Waals surface area contributed by atoms with Gasteiger partial charge in [0, 0.05) is 24.7 Å². The van der Waals surface area contributed by atoms with Crippen LogP contribution in [0.3, 0.4) is 0 Å². The molecule has 2 N–H and O–H groups in total. The van der Waals surface area contributed by atoms with Crippen molar-refractivity contribution in [3.8, 4) is 0 Å². The lowest BCUT2D eigenvalue weighted by molar-refractivity contribution is 0.626. The van der Waals surface area contributed by atoms with Crippen molar-refractivity contribution < 1.29 is 4.39 Å². The number of aliphatic imine (C=N–C) groups is 1. The van der Waals surface area contributed by atoms with Crippen molar-refractivity contribution in [2.45, 2.75) is 12.8 Å². The molecular weight excluding hydrogens is 368 g/mol. The third-order valence-electron chi connectivity index (χ3n) is 2.60. The van der Waals surface area contributed by atoms with Crippen LogP contribution >= 0.6 is 35.6 Å².